The SMILES string of the molecule is CCCN(CC1=CC2(C)OCOC2C=C1)c1ccc(OC)cc1. The molecule has 2 atom stereocenters. The molecule has 0 N–H and O–H groups in total. The highest BCUT2D eigenvalue weighted by Gasteiger charge is 2.40. The summed E-state index contributed by atoms with van der Waals surface area (Å²) in [5.41, 5.74) is 2.14. The van der Waals surface area contributed by atoms with Crippen molar-refractivity contribution in [3.63, 3.8) is 0 Å². The van der Waals surface area contributed by atoms with Gasteiger partial charge in [-0.15, -0.1) is 0 Å². The first kappa shape index (κ1) is 16.1. The van der Waals surface area contributed by atoms with Crippen molar-refractivity contribution in [3.05, 3.63) is 48.1 Å². The predicted molar refractivity (Wildman–Crippen MR) is 92.0 cm³/mol. The van der Waals surface area contributed by atoms with E-state index in [0.29, 0.717) is 6.79 Å². The van der Waals surface area contributed by atoms with E-state index in [9.17, 15) is 0 Å². The molecule has 124 valence electrons. The van der Waals surface area contributed by atoms with Gasteiger partial charge in [-0.1, -0.05) is 19.1 Å². The number of hydrogen-bond donors (Lipinski definition) is 0. The number of benzene rings is 1. The average molecular weight is 315 g/mol. The first-order valence-electron chi connectivity index (χ1n) is 8.19. The van der Waals surface area contributed by atoms with Crippen LogP contribution in [0.2, 0.25) is 0 Å². The molecule has 0 saturated carbocycles. The minimum atomic E-state index is -0.331. The van der Waals surface area contributed by atoms with Gasteiger partial charge >= 0.3 is 0 Å². The fraction of sp³-hybridized carbons (Fsp3) is 0.474. The van der Waals surface area contributed by atoms with E-state index in [1.54, 1.807) is 7.11 Å². The van der Waals surface area contributed by atoms with Crippen LogP contribution in [0.1, 0.15) is 20.3 Å². The molecular formula is C19H25NO3. The van der Waals surface area contributed by atoms with Crippen LogP contribution in [-0.4, -0.2) is 38.7 Å². The zero-order valence-electron chi connectivity index (χ0n) is 14.1. The van der Waals surface area contributed by atoms with Crippen LogP contribution in [0.15, 0.2) is 48.1 Å². The molecule has 23 heavy (non-hydrogen) atoms. The molecule has 1 heterocycles. The molecule has 0 amide bonds. The van der Waals surface area contributed by atoms with Crippen LogP contribution in [0.25, 0.3) is 0 Å². The fourth-order valence-electron chi connectivity index (χ4n) is 3.16. The standard InChI is InChI=1S/C19H25NO3/c1-4-11-20(16-6-8-17(21-3)9-7-16)13-15-5-10-18-19(2,12-15)23-14-22-18/h5-10,12,18H,4,11,13-14H2,1-3H3. The van der Waals surface area contributed by atoms with Gasteiger partial charge in [0.05, 0.1) is 7.11 Å². The van der Waals surface area contributed by atoms with E-state index in [-0.39, 0.29) is 11.7 Å². The van der Waals surface area contributed by atoms with Gasteiger partial charge in [-0.05, 0) is 49.3 Å². The van der Waals surface area contributed by atoms with Gasteiger partial charge in [-0.3, -0.25) is 0 Å². The molecule has 1 aliphatic carbocycles. The lowest BCUT2D eigenvalue weighted by molar-refractivity contribution is 0.0250. The van der Waals surface area contributed by atoms with Crippen molar-refractivity contribution in [1.29, 1.82) is 0 Å². The Bertz CT molecular complexity index is 593. The molecule has 0 aromatic heterocycles. The number of nitrogens with zero attached hydrogens (tertiary/aromatic N) is 1. The maximum absolute atomic E-state index is 5.77. The summed E-state index contributed by atoms with van der Waals surface area (Å²) in [4.78, 5) is 2.38. The molecule has 1 aromatic carbocycles. The molecule has 3 rings (SSSR count). The minimum absolute atomic E-state index is 0.0341. The van der Waals surface area contributed by atoms with Gasteiger partial charge in [0.1, 0.15) is 24.2 Å². The third-order valence-electron chi connectivity index (χ3n) is 4.44. The van der Waals surface area contributed by atoms with Crippen molar-refractivity contribution in [3.8, 4) is 5.75 Å². The quantitative estimate of drug-likeness (QED) is 0.803. The van der Waals surface area contributed by atoms with Crippen molar-refractivity contribution in [1.82, 2.24) is 0 Å². The average Bonchev–Trinajstić information content (AvgIpc) is 2.95. The van der Waals surface area contributed by atoms with Crippen LogP contribution in [0.5, 0.6) is 5.75 Å². The van der Waals surface area contributed by atoms with Crippen molar-refractivity contribution < 1.29 is 14.2 Å². The molecular weight excluding hydrogens is 290 g/mol. The maximum Gasteiger partial charge on any atom is 0.149 e. The van der Waals surface area contributed by atoms with Crippen molar-refractivity contribution in [2.45, 2.75) is 32.0 Å². The van der Waals surface area contributed by atoms with Gasteiger partial charge in [0.15, 0.2) is 0 Å². The number of hydrogen-bond acceptors (Lipinski definition) is 4. The van der Waals surface area contributed by atoms with Crippen LogP contribution in [0.3, 0.4) is 0 Å². The molecule has 0 bridgehead atoms. The number of ether oxygens (including phenoxy) is 3. The second-order valence-corrected chi connectivity index (χ2v) is 6.23. The smallest absolute Gasteiger partial charge is 0.149 e. The van der Waals surface area contributed by atoms with Crippen molar-refractivity contribution in [2.75, 3.05) is 31.9 Å². The Morgan fingerprint density at radius 2 is 2.09 bits per heavy atom. The van der Waals surface area contributed by atoms with Crippen molar-refractivity contribution in [2.24, 2.45) is 0 Å². The van der Waals surface area contributed by atoms with E-state index in [4.69, 9.17) is 14.2 Å². The monoisotopic (exact) mass is 315 g/mol. The minimum Gasteiger partial charge on any atom is -0.497 e. The van der Waals surface area contributed by atoms with E-state index >= 15 is 0 Å². The number of methoxy groups -OCH3 is 1. The summed E-state index contributed by atoms with van der Waals surface area (Å²) in [6, 6.07) is 8.24. The van der Waals surface area contributed by atoms with Crippen LogP contribution < -0.4 is 9.64 Å². The second-order valence-electron chi connectivity index (χ2n) is 6.23. The van der Waals surface area contributed by atoms with E-state index in [2.05, 4.69) is 49.1 Å². The van der Waals surface area contributed by atoms with Gasteiger partial charge in [-0.25, -0.2) is 0 Å². The normalized spacial score (nSPS) is 25.9. The fourth-order valence-corrected chi connectivity index (χ4v) is 3.16. The molecule has 2 aliphatic rings. The summed E-state index contributed by atoms with van der Waals surface area (Å²) >= 11 is 0. The summed E-state index contributed by atoms with van der Waals surface area (Å²) in [6.07, 6.45) is 7.61. The summed E-state index contributed by atoms with van der Waals surface area (Å²) in [6.45, 7) is 6.53. The molecule has 2 unspecified atom stereocenters. The molecule has 1 fully saturated rings. The zero-order valence-corrected chi connectivity index (χ0v) is 14.1. The third-order valence-corrected chi connectivity index (χ3v) is 4.44. The Kier molecular flexibility index (Phi) is 4.74. The van der Waals surface area contributed by atoms with Gasteiger partial charge < -0.3 is 19.1 Å². The van der Waals surface area contributed by atoms with E-state index < -0.39 is 0 Å². The first-order chi connectivity index (χ1) is 11.1. The Hall–Kier alpha value is -1.78. The summed E-state index contributed by atoms with van der Waals surface area (Å²) in [5.74, 6) is 0.883. The third kappa shape index (κ3) is 3.43. The van der Waals surface area contributed by atoms with E-state index in [0.717, 1.165) is 25.3 Å². The van der Waals surface area contributed by atoms with Crippen LogP contribution in [-0.2, 0) is 9.47 Å². The Morgan fingerprint density at radius 1 is 1.30 bits per heavy atom. The molecule has 0 spiro atoms. The van der Waals surface area contributed by atoms with Crippen LogP contribution >= 0.6 is 0 Å². The molecule has 4 nitrogen and oxygen atoms in total. The Balaban J connectivity index is 1.77. The van der Waals surface area contributed by atoms with Gasteiger partial charge in [-0.2, -0.15) is 0 Å². The van der Waals surface area contributed by atoms with Crippen LogP contribution in [0.4, 0.5) is 5.69 Å². The lowest BCUT2D eigenvalue weighted by atomic mass is 9.90. The van der Waals surface area contributed by atoms with Gasteiger partial charge in [0.2, 0.25) is 0 Å². The highest BCUT2D eigenvalue weighted by molar-refractivity contribution is 5.51. The number of rotatable bonds is 6. The van der Waals surface area contributed by atoms with E-state index in [1.807, 2.05) is 12.1 Å². The molecule has 1 aliphatic heterocycles. The summed E-state index contributed by atoms with van der Waals surface area (Å²) in [7, 11) is 1.69. The van der Waals surface area contributed by atoms with E-state index in [1.165, 1.54) is 11.3 Å². The summed E-state index contributed by atoms with van der Waals surface area (Å²) < 4.78 is 16.6. The van der Waals surface area contributed by atoms with Gasteiger partial charge in [0, 0.05) is 18.8 Å². The first-order valence-corrected chi connectivity index (χ1v) is 8.19. The van der Waals surface area contributed by atoms with Gasteiger partial charge in [0.25, 0.3) is 0 Å². The predicted octanol–water partition coefficient (Wildman–Crippen LogP) is 3.54. The lowest BCUT2D eigenvalue weighted by Crippen LogP contribution is -2.37. The highest BCUT2D eigenvalue weighted by atomic mass is 16.7. The highest BCUT2D eigenvalue weighted by Crippen LogP contribution is 2.33. The maximum atomic E-state index is 5.77. The number of fused-ring (bicyclic) bond motifs is 1. The Morgan fingerprint density at radius 3 is 2.78 bits per heavy atom. The number of anilines is 1. The topological polar surface area (TPSA) is 30.9 Å². The molecule has 0 radical (unpaired) electrons. The molecule has 1 saturated heterocycles. The Labute approximate surface area is 138 Å². The van der Waals surface area contributed by atoms with Crippen LogP contribution in [0, 0.1) is 0 Å². The lowest BCUT2D eigenvalue weighted by Gasteiger charge is -2.30. The zero-order chi connectivity index (χ0) is 16.3. The summed E-state index contributed by atoms with van der Waals surface area (Å²) in [5, 5.41) is 0. The molecule has 1 aromatic rings. The molecule has 4 heteroatoms. The van der Waals surface area contributed by atoms with Crippen molar-refractivity contribution >= 4 is 5.69 Å². The second kappa shape index (κ2) is 6.77. The largest absolute Gasteiger partial charge is 0.497 e.